The molecule has 4 nitrogen and oxygen atoms in total. The van der Waals surface area contributed by atoms with Gasteiger partial charge in [-0.05, 0) is 73.1 Å². The van der Waals surface area contributed by atoms with Crippen molar-refractivity contribution >= 4 is 11.4 Å². The molecular formula is C27H31FN4. The summed E-state index contributed by atoms with van der Waals surface area (Å²) in [6.45, 7) is 8.62. The highest BCUT2D eigenvalue weighted by Gasteiger charge is 2.17. The maximum Gasteiger partial charge on any atom is 0.141 e. The molecule has 5 heteroatoms. The number of nitrogens with one attached hydrogen (secondary N) is 1. The fraction of sp³-hybridized carbons (Fsp3) is 0.333. The van der Waals surface area contributed by atoms with Crippen LogP contribution < -0.4 is 5.32 Å². The van der Waals surface area contributed by atoms with Gasteiger partial charge in [0.05, 0.1) is 17.0 Å². The molecule has 3 rings (SSSR count). The van der Waals surface area contributed by atoms with E-state index in [-0.39, 0.29) is 5.56 Å². The van der Waals surface area contributed by atoms with Crippen LogP contribution in [0, 0.1) is 30.0 Å². The van der Waals surface area contributed by atoms with Crippen LogP contribution in [-0.4, -0.2) is 9.55 Å². The van der Waals surface area contributed by atoms with Gasteiger partial charge in [0.15, 0.2) is 0 Å². The average Bonchev–Trinajstić information content (AvgIpc) is 3.07. The lowest BCUT2D eigenvalue weighted by Gasteiger charge is -2.18. The van der Waals surface area contributed by atoms with E-state index in [0.717, 1.165) is 37.1 Å². The second kappa shape index (κ2) is 10.8. The maximum atomic E-state index is 13.7. The number of halogens is 1. The Morgan fingerprint density at radius 1 is 1.31 bits per heavy atom. The van der Waals surface area contributed by atoms with Crippen molar-refractivity contribution in [1.29, 1.82) is 5.26 Å². The Hall–Kier alpha value is -3.39. The zero-order valence-corrected chi connectivity index (χ0v) is 19.2. The smallest absolute Gasteiger partial charge is 0.141 e. The van der Waals surface area contributed by atoms with Crippen molar-refractivity contribution in [2.45, 2.75) is 46.0 Å². The fourth-order valence-corrected chi connectivity index (χ4v) is 4.42. The number of aryl methyl sites for hydroxylation is 2. The van der Waals surface area contributed by atoms with Crippen LogP contribution in [0.4, 0.5) is 10.1 Å². The third-order valence-corrected chi connectivity index (χ3v) is 5.92. The molecule has 0 saturated heterocycles. The van der Waals surface area contributed by atoms with Crippen LogP contribution in [0.3, 0.4) is 0 Å². The van der Waals surface area contributed by atoms with Gasteiger partial charge in [-0.3, -0.25) is 4.98 Å². The molecular weight excluding hydrogens is 399 g/mol. The van der Waals surface area contributed by atoms with Gasteiger partial charge in [-0.2, -0.15) is 5.26 Å². The molecule has 0 aliphatic heterocycles. The molecule has 2 heterocycles. The molecule has 0 aliphatic rings. The van der Waals surface area contributed by atoms with Gasteiger partial charge in [0.1, 0.15) is 11.9 Å². The Labute approximate surface area is 190 Å². The summed E-state index contributed by atoms with van der Waals surface area (Å²) in [5, 5.41) is 12.4. The van der Waals surface area contributed by atoms with E-state index in [2.05, 4.69) is 47.6 Å². The van der Waals surface area contributed by atoms with Gasteiger partial charge in [0.25, 0.3) is 0 Å². The number of aromatic nitrogens is 2. The minimum atomic E-state index is -0.519. The van der Waals surface area contributed by atoms with Crippen LogP contribution in [0.2, 0.25) is 0 Å². The van der Waals surface area contributed by atoms with Crippen molar-refractivity contribution in [3.05, 3.63) is 89.3 Å². The monoisotopic (exact) mass is 430 g/mol. The largest absolute Gasteiger partial charge is 0.354 e. The Bertz CT molecular complexity index is 1110. The van der Waals surface area contributed by atoms with Crippen LogP contribution in [0.25, 0.3) is 5.70 Å². The molecule has 3 aromatic rings. The second-order valence-corrected chi connectivity index (χ2v) is 8.42. The maximum absolute atomic E-state index is 13.7. The number of benzene rings is 1. The molecule has 1 aromatic carbocycles. The van der Waals surface area contributed by atoms with Crippen molar-refractivity contribution < 1.29 is 4.39 Å². The normalized spacial score (nSPS) is 11.7. The Kier molecular flexibility index (Phi) is 7.83. The van der Waals surface area contributed by atoms with Crippen molar-refractivity contribution in [3.63, 3.8) is 0 Å². The van der Waals surface area contributed by atoms with Crippen molar-refractivity contribution in [2.24, 2.45) is 13.0 Å². The van der Waals surface area contributed by atoms with Crippen LogP contribution in [0.5, 0.6) is 0 Å². The van der Waals surface area contributed by atoms with Gasteiger partial charge in [-0.25, -0.2) is 4.39 Å². The van der Waals surface area contributed by atoms with Gasteiger partial charge in [-0.1, -0.05) is 32.4 Å². The number of rotatable bonds is 10. The van der Waals surface area contributed by atoms with Gasteiger partial charge >= 0.3 is 0 Å². The SMILES string of the molecule is C=C(Nc1ccc(F)c(C#N)c1)c1c(CCC(CCC)Cc2cccnc2)c(C)cn1C. The first-order chi connectivity index (χ1) is 15.4. The van der Waals surface area contributed by atoms with Crippen LogP contribution in [-0.2, 0) is 19.9 Å². The van der Waals surface area contributed by atoms with Crippen molar-refractivity contribution in [1.82, 2.24) is 9.55 Å². The van der Waals surface area contributed by atoms with Crippen LogP contribution >= 0.6 is 0 Å². The number of anilines is 1. The zero-order valence-electron chi connectivity index (χ0n) is 19.2. The molecule has 2 aromatic heterocycles. The molecule has 0 saturated carbocycles. The summed E-state index contributed by atoms with van der Waals surface area (Å²) in [4.78, 5) is 4.26. The third-order valence-electron chi connectivity index (χ3n) is 5.92. The summed E-state index contributed by atoms with van der Waals surface area (Å²) in [7, 11) is 2.02. The number of nitriles is 1. The minimum absolute atomic E-state index is 0.0175. The Morgan fingerprint density at radius 2 is 2.12 bits per heavy atom. The Morgan fingerprint density at radius 3 is 2.81 bits per heavy atom. The number of hydrogen-bond donors (Lipinski definition) is 1. The van der Waals surface area contributed by atoms with E-state index in [1.165, 1.54) is 35.2 Å². The molecule has 0 bridgehead atoms. The van der Waals surface area contributed by atoms with E-state index in [9.17, 15) is 4.39 Å². The predicted molar refractivity (Wildman–Crippen MR) is 129 cm³/mol. The van der Waals surface area contributed by atoms with Gasteiger partial charge in [0, 0.05) is 31.3 Å². The summed E-state index contributed by atoms with van der Waals surface area (Å²) in [5.41, 5.74) is 6.25. The molecule has 0 fully saturated rings. The van der Waals surface area contributed by atoms with Gasteiger partial charge < -0.3 is 9.88 Å². The molecule has 32 heavy (non-hydrogen) atoms. The quantitative estimate of drug-likeness (QED) is 0.404. The van der Waals surface area contributed by atoms with E-state index in [0.29, 0.717) is 11.6 Å². The Balaban J connectivity index is 1.76. The predicted octanol–water partition coefficient (Wildman–Crippen LogP) is 6.41. The lowest BCUT2D eigenvalue weighted by molar-refractivity contribution is 0.442. The fourth-order valence-electron chi connectivity index (χ4n) is 4.42. The highest BCUT2D eigenvalue weighted by Crippen LogP contribution is 2.28. The highest BCUT2D eigenvalue weighted by molar-refractivity contribution is 5.76. The average molecular weight is 431 g/mol. The number of pyridine rings is 1. The van der Waals surface area contributed by atoms with Crippen LogP contribution in [0.1, 0.15) is 54.1 Å². The summed E-state index contributed by atoms with van der Waals surface area (Å²) in [6, 6.07) is 10.5. The summed E-state index contributed by atoms with van der Waals surface area (Å²) in [5.74, 6) is 0.0720. The zero-order chi connectivity index (χ0) is 23.1. The molecule has 0 amide bonds. The minimum Gasteiger partial charge on any atom is -0.354 e. The summed E-state index contributed by atoms with van der Waals surface area (Å²) < 4.78 is 15.8. The molecule has 166 valence electrons. The first-order valence-corrected chi connectivity index (χ1v) is 11.1. The van der Waals surface area contributed by atoms with E-state index in [1.807, 2.05) is 31.6 Å². The van der Waals surface area contributed by atoms with Crippen molar-refractivity contribution in [3.8, 4) is 6.07 Å². The van der Waals surface area contributed by atoms with E-state index in [1.54, 1.807) is 6.07 Å². The lowest BCUT2D eigenvalue weighted by Crippen LogP contribution is -2.09. The molecule has 1 N–H and O–H groups in total. The molecule has 0 aliphatic carbocycles. The standard InChI is InChI=1S/C27H31FN4/c1-5-7-21(14-22-8-6-13-30-17-22)9-11-25-19(2)18-32(4)27(25)20(3)31-24-10-12-26(28)23(15-24)16-29/h6,8,10,12-13,15,17-18,21,31H,3,5,7,9,11,14H2,1-2,4H3. The number of nitrogens with zero attached hydrogens (tertiary/aromatic N) is 3. The summed E-state index contributed by atoms with van der Waals surface area (Å²) in [6.07, 6.45) is 11.3. The molecule has 0 radical (unpaired) electrons. The first kappa shape index (κ1) is 23.3. The lowest BCUT2D eigenvalue weighted by atomic mass is 9.89. The molecule has 1 atom stereocenters. The second-order valence-electron chi connectivity index (χ2n) is 8.42. The van der Waals surface area contributed by atoms with E-state index in [4.69, 9.17) is 5.26 Å². The highest BCUT2D eigenvalue weighted by atomic mass is 19.1. The van der Waals surface area contributed by atoms with Gasteiger partial charge in [-0.15, -0.1) is 0 Å². The first-order valence-electron chi connectivity index (χ1n) is 11.1. The van der Waals surface area contributed by atoms with Crippen molar-refractivity contribution in [2.75, 3.05) is 5.32 Å². The van der Waals surface area contributed by atoms with Crippen LogP contribution in [0.15, 0.2) is 55.5 Å². The molecule has 1 unspecified atom stereocenters. The molecule has 0 spiro atoms. The number of hydrogen-bond acceptors (Lipinski definition) is 3. The van der Waals surface area contributed by atoms with Gasteiger partial charge in [0.2, 0.25) is 0 Å². The third kappa shape index (κ3) is 5.64. The van der Waals surface area contributed by atoms with E-state index < -0.39 is 5.82 Å². The summed E-state index contributed by atoms with van der Waals surface area (Å²) >= 11 is 0. The topological polar surface area (TPSA) is 53.6 Å². The van der Waals surface area contributed by atoms with E-state index >= 15 is 0 Å².